The van der Waals surface area contributed by atoms with Crippen LogP contribution in [-0.4, -0.2) is 32.7 Å². The van der Waals surface area contributed by atoms with Crippen LogP contribution in [0.4, 0.5) is 15.8 Å². The second-order valence-corrected chi connectivity index (χ2v) is 4.22. The first-order valence-corrected chi connectivity index (χ1v) is 5.66. The highest BCUT2D eigenvalue weighted by Crippen LogP contribution is 2.23. The molecular weight excluding hydrogens is 205 g/mol. The van der Waals surface area contributed by atoms with Crippen LogP contribution in [0, 0.1) is 5.82 Å². The number of halogens is 1. The minimum atomic E-state index is -0.152. The normalized spacial score (nSPS) is 20.9. The Kier molecular flexibility index (Phi) is 3.29. The van der Waals surface area contributed by atoms with Gasteiger partial charge in [0.1, 0.15) is 5.82 Å². The standard InChI is InChI=1S/C12H18FN3/c1-9-8-16(6-5-15-9)12-4-3-10(14-2)7-11(12)13/h3-4,7,9,14-15H,5-6,8H2,1-2H3/t9-/m1/s1. The monoisotopic (exact) mass is 223 g/mol. The van der Waals surface area contributed by atoms with Crippen molar-refractivity contribution < 1.29 is 4.39 Å². The van der Waals surface area contributed by atoms with Gasteiger partial charge in [-0.2, -0.15) is 0 Å². The summed E-state index contributed by atoms with van der Waals surface area (Å²) in [6.07, 6.45) is 0. The van der Waals surface area contributed by atoms with Gasteiger partial charge < -0.3 is 15.5 Å². The van der Waals surface area contributed by atoms with E-state index in [2.05, 4.69) is 22.5 Å². The van der Waals surface area contributed by atoms with Crippen molar-refractivity contribution in [3.63, 3.8) is 0 Å². The second-order valence-electron chi connectivity index (χ2n) is 4.22. The third kappa shape index (κ3) is 2.27. The van der Waals surface area contributed by atoms with E-state index in [0.29, 0.717) is 11.7 Å². The average Bonchev–Trinajstić information content (AvgIpc) is 2.28. The fraction of sp³-hybridized carbons (Fsp3) is 0.500. The summed E-state index contributed by atoms with van der Waals surface area (Å²) in [5, 5.41) is 6.28. The highest BCUT2D eigenvalue weighted by Gasteiger charge is 2.18. The highest BCUT2D eigenvalue weighted by molar-refractivity contribution is 5.56. The maximum absolute atomic E-state index is 13.8. The molecule has 3 nitrogen and oxygen atoms in total. The zero-order chi connectivity index (χ0) is 11.5. The molecule has 0 spiro atoms. The van der Waals surface area contributed by atoms with Gasteiger partial charge in [-0.25, -0.2) is 4.39 Å². The van der Waals surface area contributed by atoms with Crippen LogP contribution in [0.2, 0.25) is 0 Å². The lowest BCUT2D eigenvalue weighted by molar-refractivity contribution is 0.478. The van der Waals surface area contributed by atoms with Crippen LogP contribution in [0.5, 0.6) is 0 Å². The molecule has 1 heterocycles. The van der Waals surface area contributed by atoms with Crippen LogP contribution < -0.4 is 15.5 Å². The molecule has 16 heavy (non-hydrogen) atoms. The molecule has 1 fully saturated rings. The summed E-state index contributed by atoms with van der Waals surface area (Å²) < 4.78 is 13.8. The summed E-state index contributed by atoms with van der Waals surface area (Å²) in [4.78, 5) is 2.09. The van der Waals surface area contributed by atoms with Crippen LogP contribution in [0.1, 0.15) is 6.92 Å². The zero-order valence-electron chi connectivity index (χ0n) is 9.76. The van der Waals surface area contributed by atoms with Crippen molar-refractivity contribution in [1.29, 1.82) is 0 Å². The van der Waals surface area contributed by atoms with E-state index in [4.69, 9.17) is 0 Å². The van der Waals surface area contributed by atoms with Crippen molar-refractivity contribution >= 4 is 11.4 Å². The van der Waals surface area contributed by atoms with Crippen LogP contribution >= 0.6 is 0 Å². The molecule has 2 N–H and O–H groups in total. The molecule has 88 valence electrons. The molecule has 0 saturated carbocycles. The summed E-state index contributed by atoms with van der Waals surface area (Å²) in [7, 11) is 1.79. The number of anilines is 2. The number of benzene rings is 1. The Balaban J connectivity index is 2.19. The van der Waals surface area contributed by atoms with Gasteiger partial charge in [-0.15, -0.1) is 0 Å². The molecule has 1 saturated heterocycles. The van der Waals surface area contributed by atoms with E-state index in [1.54, 1.807) is 13.1 Å². The summed E-state index contributed by atoms with van der Waals surface area (Å²) in [6.45, 7) is 4.75. The smallest absolute Gasteiger partial charge is 0.148 e. The molecule has 0 amide bonds. The molecule has 0 unspecified atom stereocenters. The summed E-state index contributed by atoms with van der Waals surface area (Å²) in [6, 6.07) is 5.71. The summed E-state index contributed by atoms with van der Waals surface area (Å²) in [5.41, 5.74) is 1.51. The predicted molar refractivity (Wildman–Crippen MR) is 65.6 cm³/mol. The van der Waals surface area contributed by atoms with Crippen molar-refractivity contribution in [1.82, 2.24) is 5.32 Å². The maximum Gasteiger partial charge on any atom is 0.148 e. The van der Waals surface area contributed by atoms with Gasteiger partial charge in [0.05, 0.1) is 5.69 Å². The SMILES string of the molecule is CNc1ccc(N2CCN[C@H](C)C2)c(F)c1. The van der Waals surface area contributed by atoms with Gasteiger partial charge in [0.15, 0.2) is 0 Å². The first-order valence-electron chi connectivity index (χ1n) is 5.66. The van der Waals surface area contributed by atoms with E-state index >= 15 is 0 Å². The Bertz CT molecular complexity index is 367. The van der Waals surface area contributed by atoms with Gasteiger partial charge in [-0.3, -0.25) is 0 Å². The molecule has 0 bridgehead atoms. The van der Waals surface area contributed by atoms with Crippen molar-refractivity contribution in [2.75, 3.05) is 36.9 Å². The molecule has 1 aliphatic heterocycles. The maximum atomic E-state index is 13.8. The van der Waals surface area contributed by atoms with Gasteiger partial charge in [0, 0.05) is 38.4 Å². The molecule has 0 aromatic heterocycles. The molecule has 1 aromatic rings. The van der Waals surface area contributed by atoms with Crippen molar-refractivity contribution in [3.05, 3.63) is 24.0 Å². The number of hydrogen-bond donors (Lipinski definition) is 2. The molecule has 2 rings (SSSR count). The zero-order valence-corrected chi connectivity index (χ0v) is 9.76. The first kappa shape index (κ1) is 11.2. The van der Waals surface area contributed by atoms with Crippen LogP contribution in [0.25, 0.3) is 0 Å². The van der Waals surface area contributed by atoms with Gasteiger partial charge >= 0.3 is 0 Å². The number of rotatable bonds is 2. The van der Waals surface area contributed by atoms with Crippen molar-refractivity contribution in [2.45, 2.75) is 13.0 Å². The van der Waals surface area contributed by atoms with Gasteiger partial charge in [0.2, 0.25) is 0 Å². The van der Waals surface area contributed by atoms with Crippen LogP contribution in [0.3, 0.4) is 0 Å². The minimum absolute atomic E-state index is 0.152. The van der Waals surface area contributed by atoms with Crippen molar-refractivity contribution in [3.8, 4) is 0 Å². The molecular formula is C12H18FN3. The third-order valence-electron chi connectivity index (χ3n) is 2.95. The lowest BCUT2D eigenvalue weighted by Crippen LogP contribution is -2.49. The predicted octanol–water partition coefficient (Wildman–Crippen LogP) is 1.67. The fourth-order valence-corrected chi connectivity index (χ4v) is 2.07. The molecule has 1 aromatic carbocycles. The lowest BCUT2D eigenvalue weighted by Gasteiger charge is -2.33. The first-order chi connectivity index (χ1) is 7.70. The topological polar surface area (TPSA) is 27.3 Å². The number of nitrogens with one attached hydrogen (secondary N) is 2. The largest absolute Gasteiger partial charge is 0.388 e. The van der Waals surface area contributed by atoms with E-state index in [1.165, 1.54) is 0 Å². The minimum Gasteiger partial charge on any atom is -0.388 e. The van der Waals surface area contributed by atoms with Crippen LogP contribution in [-0.2, 0) is 0 Å². The number of nitrogens with zero attached hydrogens (tertiary/aromatic N) is 1. The van der Waals surface area contributed by atoms with E-state index in [1.807, 2.05) is 12.1 Å². The van der Waals surface area contributed by atoms with Crippen molar-refractivity contribution in [2.24, 2.45) is 0 Å². The van der Waals surface area contributed by atoms with E-state index in [0.717, 1.165) is 25.3 Å². The van der Waals surface area contributed by atoms with Gasteiger partial charge in [-0.05, 0) is 25.1 Å². The van der Waals surface area contributed by atoms with E-state index in [-0.39, 0.29) is 5.82 Å². The lowest BCUT2D eigenvalue weighted by atomic mass is 10.2. The Morgan fingerprint density at radius 3 is 2.94 bits per heavy atom. The summed E-state index contributed by atoms with van der Waals surface area (Å²) >= 11 is 0. The molecule has 1 atom stereocenters. The highest BCUT2D eigenvalue weighted by atomic mass is 19.1. The third-order valence-corrected chi connectivity index (χ3v) is 2.95. The number of hydrogen-bond acceptors (Lipinski definition) is 3. The fourth-order valence-electron chi connectivity index (χ4n) is 2.07. The Morgan fingerprint density at radius 1 is 1.50 bits per heavy atom. The summed E-state index contributed by atoms with van der Waals surface area (Å²) in [5.74, 6) is -0.152. The average molecular weight is 223 g/mol. The Labute approximate surface area is 95.6 Å². The Morgan fingerprint density at radius 2 is 2.31 bits per heavy atom. The quantitative estimate of drug-likeness (QED) is 0.798. The van der Waals surface area contributed by atoms with Gasteiger partial charge in [-0.1, -0.05) is 0 Å². The Hall–Kier alpha value is -1.29. The molecule has 1 aliphatic rings. The number of piperazine rings is 1. The molecule has 4 heteroatoms. The van der Waals surface area contributed by atoms with E-state index < -0.39 is 0 Å². The van der Waals surface area contributed by atoms with E-state index in [9.17, 15) is 4.39 Å². The molecule has 0 radical (unpaired) electrons. The van der Waals surface area contributed by atoms with Gasteiger partial charge in [0.25, 0.3) is 0 Å². The van der Waals surface area contributed by atoms with Crippen LogP contribution in [0.15, 0.2) is 18.2 Å². The molecule has 0 aliphatic carbocycles. The second kappa shape index (κ2) is 4.70.